The van der Waals surface area contributed by atoms with E-state index in [0.717, 1.165) is 16.7 Å². The molecule has 1 aromatic carbocycles. The van der Waals surface area contributed by atoms with Crippen LogP contribution in [0, 0.1) is 0 Å². The third-order valence-corrected chi connectivity index (χ3v) is 3.17. The van der Waals surface area contributed by atoms with E-state index < -0.39 is 0 Å². The molecule has 0 aliphatic rings. The Morgan fingerprint density at radius 2 is 2.17 bits per heavy atom. The molecule has 0 spiro atoms. The minimum absolute atomic E-state index is 0.769. The first kappa shape index (κ1) is 13.0. The van der Waals surface area contributed by atoms with E-state index in [2.05, 4.69) is 43.4 Å². The second-order valence-corrected chi connectivity index (χ2v) is 5.35. The van der Waals surface area contributed by atoms with Crippen LogP contribution in [0.1, 0.15) is 5.56 Å². The Kier molecular flexibility index (Phi) is 3.91. The number of rotatable bonds is 4. The number of nitrogens with one attached hydrogen (secondary N) is 1. The smallest absolute Gasteiger partial charge is 0.0597 e. The average Bonchev–Trinajstić information content (AvgIpc) is 2.72. The number of aryl methyl sites for hydroxylation is 1. The summed E-state index contributed by atoms with van der Waals surface area (Å²) >= 11 is 3.50. The molecule has 0 bridgehead atoms. The Bertz CT molecular complexity index is 534. The molecule has 2 aromatic rings. The summed E-state index contributed by atoms with van der Waals surface area (Å²) in [4.78, 5) is 2.10. The van der Waals surface area contributed by atoms with E-state index in [4.69, 9.17) is 0 Å². The summed E-state index contributed by atoms with van der Waals surface area (Å²) < 4.78 is 2.88. The van der Waals surface area contributed by atoms with Crippen molar-refractivity contribution in [1.29, 1.82) is 0 Å². The van der Waals surface area contributed by atoms with Crippen molar-refractivity contribution in [2.75, 3.05) is 24.3 Å². The molecular weight excluding hydrogens is 292 g/mol. The molecule has 0 saturated carbocycles. The average molecular weight is 309 g/mol. The lowest BCUT2D eigenvalue weighted by Gasteiger charge is -2.18. The molecule has 1 N–H and O–H groups in total. The van der Waals surface area contributed by atoms with Gasteiger partial charge in [0.25, 0.3) is 0 Å². The second-order valence-electron chi connectivity index (χ2n) is 4.43. The van der Waals surface area contributed by atoms with E-state index in [1.807, 2.05) is 44.3 Å². The molecule has 1 heterocycles. The number of hydrogen-bond acceptors (Lipinski definition) is 3. The zero-order chi connectivity index (χ0) is 13.1. The van der Waals surface area contributed by atoms with Crippen LogP contribution in [0.5, 0.6) is 0 Å². The molecule has 96 valence electrons. The van der Waals surface area contributed by atoms with E-state index in [1.54, 1.807) is 0 Å². The normalized spacial score (nSPS) is 10.4. The van der Waals surface area contributed by atoms with Gasteiger partial charge in [-0.2, -0.15) is 5.10 Å². The van der Waals surface area contributed by atoms with Crippen molar-refractivity contribution in [3.8, 4) is 0 Å². The molecule has 0 unspecified atom stereocenters. The molecular formula is C13H17BrN4. The topological polar surface area (TPSA) is 33.1 Å². The maximum absolute atomic E-state index is 4.16. The van der Waals surface area contributed by atoms with Crippen molar-refractivity contribution in [1.82, 2.24) is 9.78 Å². The summed E-state index contributed by atoms with van der Waals surface area (Å²) in [6.07, 6.45) is 3.89. The van der Waals surface area contributed by atoms with Gasteiger partial charge in [0.05, 0.1) is 17.6 Å². The van der Waals surface area contributed by atoms with Gasteiger partial charge in [-0.25, -0.2) is 0 Å². The van der Waals surface area contributed by atoms with Crippen LogP contribution in [0.2, 0.25) is 0 Å². The van der Waals surface area contributed by atoms with Crippen LogP contribution in [0.3, 0.4) is 0 Å². The van der Waals surface area contributed by atoms with Crippen LogP contribution in [-0.2, 0) is 13.6 Å². The maximum Gasteiger partial charge on any atom is 0.0597 e. The fourth-order valence-corrected chi connectivity index (χ4v) is 2.16. The Balaban J connectivity index is 2.15. The molecule has 0 radical (unpaired) electrons. The minimum atomic E-state index is 0.769. The van der Waals surface area contributed by atoms with Crippen LogP contribution >= 0.6 is 15.9 Å². The highest BCUT2D eigenvalue weighted by atomic mass is 79.9. The molecule has 0 atom stereocenters. The van der Waals surface area contributed by atoms with Gasteiger partial charge in [-0.1, -0.05) is 15.9 Å². The highest BCUT2D eigenvalue weighted by Gasteiger charge is 2.05. The van der Waals surface area contributed by atoms with E-state index in [9.17, 15) is 0 Å². The third-order valence-electron chi connectivity index (χ3n) is 2.68. The third kappa shape index (κ3) is 3.04. The lowest BCUT2D eigenvalue weighted by molar-refractivity contribution is 0.767. The van der Waals surface area contributed by atoms with Gasteiger partial charge in [0.1, 0.15) is 0 Å². The maximum atomic E-state index is 4.16. The van der Waals surface area contributed by atoms with Crippen LogP contribution in [0.4, 0.5) is 11.4 Å². The molecule has 0 aliphatic heterocycles. The summed E-state index contributed by atoms with van der Waals surface area (Å²) in [6.45, 7) is 0.769. The van der Waals surface area contributed by atoms with Gasteiger partial charge in [-0.05, 0) is 18.2 Å². The molecule has 0 amide bonds. The second kappa shape index (κ2) is 5.44. The fourth-order valence-electron chi connectivity index (χ4n) is 1.80. The van der Waals surface area contributed by atoms with Crippen molar-refractivity contribution >= 4 is 27.3 Å². The minimum Gasteiger partial charge on any atom is -0.379 e. The number of halogens is 1. The number of anilines is 2. The Morgan fingerprint density at radius 1 is 1.39 bits per heavy atom. The first-order valence-electron chi connectivity index (χ1n) is 5.74. The first-order chi connectivity index (χ1) is 8.56. The zero-order valence-electron chi connectivity index (χ0n) is 10.8. The predicted octanol–water partition coefficient (Wildman–Crippen LogP) is 2.86. The number of hydrogen-bond donors (Lipinski definition) is 1. The molecule has 5 heteroatoms. The summed E-state index contributed by atoms with van der Waals surface area (Å²) in [7, 11) is 6.00. The predicted molar refractivity (Wildman–Crippen MR) is 79.0 cm³/mol. The van der Waals surface area contributed by atoms with E-state index in [1.165, 1.54) is 11.3 Å². The van der Waals surface area contributed by atoms with Crippen LogP contribution in [0.25, 0.3) is 0 Å². The highest BCUT2D eigenvalue weighted by Crippen LogP contribution is 2.28. The van der Waals surface area contributed by atoms with Gasteiger partial charge in [0.15, 0.2) is 0 Å². The van der Waals surface area contributed by atoms with E-state index >= 15 is 0 Å². The van der Waals surface area contributed by atoms with Gasteiger partial charge >= 0.3 is 0 Å². The zero-order valence-corrected chi connectivity index (χ0v) is 12.4. The van der Waals surface area contributed by atoms with E-state index in [0.29, 0.717) is 0 Å². The van der Waals surface area contributed by atoms with Crippen LogP contribution in [-0.4, -0.2) is 23.9 Å². The van der Waals surface area contributed by atoms with Crippen LogP contribution in [0.15, 0.2) is 35.1 Å². The summed E-state index contributed by atoms with van der Waals surface area (Å²) in [6, 6.07) is 6.23. The summed E-state index contributed by atoms with van der Waals surface area (Å²) in [5, 5.41) is 7.60. The SMILES string of the molecule is CN(C)c1ccc(Br)cc1NCc1cnn(C)c1. The Hall–Kier alpha value is -1.49. The fraction of sp³-hybridized carbons (Fsp3) is 0.308. The summed E-state index contributed by atoms with van der Waals surface area (Å²) in [5.74, 6) is 0. The molecule has 0 aliphatic carbocycles. The monoisotopic (exact) mass is 308 g/mol. The molecule has 4 nitrogen and oxygen atoms in total. The van der Waals surface area contributed by atoms with Crippen molar-refractivity contribution in [2.24, 2.45) is 7.05 Å². The quantitative estimate of drug-likeness (QED) is 0.943. The van der Waals surface area contributed by atoms with Gasteiger partial charge in [-0.3, -0.25) is 4.68 Å². The highest BCUT2D eigenvalue weighted by molar-refractivity contribution is 9.10. The molecule has 1 aromatic heterocycles. The Morgan fingerprint density at radius 3 is 2.78 bits per heavy atom. The van der Waals surface area contributed by atoms with Crippen molar-refractivity contribution in [3.63, 3.8) is 0 Å². The van der Waals surface area contributed by atoms with Crippen molar-refractivity contribution in [2.45, 2.75) is 6.54 Å². The lowest BCUT2D eigenvalue weighted by Crippen LogP contribution is -2.12. The Labute approximate surface area is 116 Å². The molecule has 0 fully saturated rings. The van der Waals surface area contributed by atoms with E-state index in [-0.39, 0.29) is 0 Å². The van der Waals surface area contributed by atoms with Crippen LogP contribution < -0.4 is 10.2 Å². The molecule has 0 saturated heterocycles. The molecule has 2 rings (SSSR count). The number of nitrogens with zero attached hydrogens (tertiary/aromatic N) is 3. The molecule has 18 heavy (non-hydrogen) atoms. The number of benzene rings is 1. The standard InChI is InChI=1S/C13H17BrN4/c1-17(2)13-5-4-11(14)6-12(13)15-7-10-8-16-18(3)9-10/h4-6,8-9,15H,7H2,1-3H3. The lowest BCUT2D eigenvalue weighted by atomic mass is 10.2. The van der Waals surface area contributed by atoms with Gasteiger partial charge in [0.2, 0.25) is 0 Å². The largest absolute Gasteiger partial charge is 0.379 e. The van der Waals surface area contributed by atoms with Gasteiger partial charge in [-0.15, -0.1) is 0 Å². The first-order valence-corrected chi connectivity index (χ1v) is 6.54. The van der Waals surface area contributed by atoms with Crippen molar-refractivity contribution < 1.29 is 0 Å². The van der Waals surface area contributed by atoms with Gasteiger partial charge < -0.3 is 10.2 Å². The van der Waals surface area contributed by atoms with Crippen molar-refractivity contribution in [3.05, 3.63) is 40.6 Å². The van der Waals surface area contributed by atoms with Gasteiger partial charge in [0, 0.05) is 43.9 Å². The summed E-state index contributed by atoms with van der Waals surface area (Å²) in [5.41, 5.74) is 3.45. The number of aromatic nitrogens is 2.